The second-order valence-corrected chi connectivity index (χ2v) is 13.7. The highest BCUT2D eigenvalue weighted by molar-refractivity contribution is 6.05. The van der Waals surface area contributed by atoms with Gasteiger partial charge in [-0.3, -0.25) is 28.9 Å². The first-order valence-corrected chi connectivity index (χ1v) is 15.9. The number of ketones is 2. The topological polar surface area (TPSA) is 110 Å². The summed E-state index contributed by atoms with van der Waals surface area (Å²) in [4.78, 5) is 65.8. The maximum absolute atomic E-state index is 13.6. The predicted octanol–water partition coefficient (Wildman–Crippen LogP) is 4.23. The second-order valence-electron chi connectivity index (χ2n) is 13.7. The molecule has 6 atom stereocenters. The molecule has 0 spiro atoms. The maximum Gasteiger partial charge on any atom is 0.232 e. The molecule has 1 N–H and O–H groups in total. The fourth-order valence-electron chi connectivity index (χ4n) is 8.43. The molecule has 40 heavy (non-hydrogen) atoms. The molecule has 0 aromatic heterocycles. The first-order valence-electron chi connectivity index (χ1n) is 15.9. The number of nitrogens with one attached hydrogen (secondary N) is 1. The lowest BCUT2D eigenvalue weighted by Gasteiger charge is -2.38. The molecular formula is C32H48N2O6. The summed E-state index contributed by atoms with van der Waals surface area (Å²) in [5.74, 6) is -1.51. The summed E-state index contributed by atoms with van der Waals surface area (Å²) >= 11 is 0. The summed E-state index contributed by atoms with van der Waals surface area (Å²) in [6.07, 6.45) is 12.2. The largest absolute Gasteiger partial charge is 0.375 e. The number of imide groups is 1. The van der Waals surface area contributed by atoms with Gasteiger partial charge in [-0.25, -0.2) is 0 Å². The summed E-state index contributed by atoms with van der Waals surface area (Å²) in [5.41, 5.74) is 0. The quantitative estimate of drug-likeness (QED) is 0.470. The van der Waals surface area contributed by atoms with Gasteiger partial charge in [0.2, 0.25) is 17.7 Å². The van der Waals surface area contributed by atoms with E-state index in [1.54, 1.807) is 6.92 Å². The number of hydrogen-bond acceptors (Lipinski definition) is 6. The second kappa shape index (κ2) is 12.4. The number of likely N-dealkylation sites (tertiary alicyclic amines) is 1. The Morgan fingerprint density at radius 3 is 1.95 bits per heavy atom. The average Bonchev–Trinajstić information content (AvgIpc) is 3.17. The van der Waals surface area contributed by atoms with E-state index in [9.17, 15) is 24.0 Å². The van der Waals surface area contributed by atoms with Gasteiger partial charge in [-0.1, -0.05) is 6.92 Å². The third-order valence-corrected chi connectivity index (χ3v) is 11.0. The zero-order valence-electron chi connectivity index (χ0n) is 24.6. The Hall–Kier alpha value is -2.09. The number of rotatable bonds is 7. The Morgan fingerprint density at radius 2 is 1.30 bits per heavy atom. The van der Waals surface area contributed by atoms with Gasteiger partial charge in [-0.05, 0) is 103 Å². The van der Waals surface area contributed by atoms with Gasteiger partial charge < -0.3 is 10.1 Å². The highest BCUT2D eigenvalue weighted by Gasteiger charge is 2.51. The van der Waals surface area contributed by atoms with Crippen LogP contribution in [0.25, 0.3) is 0 Å². The average molecular weight is 557 g/mol. The third-order valence-electron chi connectivity index (χ3n) is 11.0. The van der Waals surface area contributed by atoms with Crippen molar-refractivity contribution in [3.63, 3.8) is 0 Å². The number of Topliss-reactive ketones (excluding diaryl/α,β-unsaturated/α-hetero) is 2. The van der Waals surface area contributed by atoms with Gasteiger partial charge in [0, 0.05) is 36.8 Å². The third kappa shape index (κ3) is 6.22. The van der Waals surface area contributed by atoms with Crippen molar-refractivity contribution in [1.82, 2.24) is 10.2 Å². The van der Waals surface area contributed by atoms with Crippen LogP contribution in [0.1, 0.15) is 104 Å². The van der Waals surface area contributed by atoms with Crippen molar-refractivity contribution in [3.8, 4) is 0 Å². The van der Waals surface area contributed by atoms with Crippen molar-refractivity contribution in [2.24, 2.45) is 41.4 Å². The van der Waals surface area contributed by atoms with Crippen molar-refractivity contribution in [2.45, 2.75) is 122 Å². The van der Waals surface area contributed by atoms with Gasteiger partial charge in [0.25, 0.3) is 0 Å². The lowest BCUT2D eigenvalue weighted by Crippen LogP contribution is -2.47. The summed E-state index contributed by atoms with van der Waals surface area (Å²) < 4.78 is 6.40. The summed E-state index contributed by atoms with van der Waals surface area (Å²) in [7, 11) is 1.53. The molecule has 1 aliphatic heterocycles. The van der Waals surface area contributed by atoms with Crippen molar-refractivity contribution in [2.75, 3.05) is 7.05 Å². The minimum atomic E-state index is -0.490. The molecule has 1 saturated heterocycles. The van der Waals surface area contributed by atoms with E-state index in [0.29, 0.717) is 44.6 Å². The first kappa shape index (κ1) is 29.4. The first-order chi connectivity index (χ1) is 19.1. The van der Waals surface area contributed by atoms with Crippen molar-refractivity contribution < 1.29 is 28.7 Å². The zero-order valence-corrected chi connectivity index (χ0v) is 24.6. The molecule has 0 aromatic rings. The van der Waals surface area contributed by atoms with Crippen molar-refractivity contribution in [3.05, 3.63) is 0 Å². The molecular weight excluding hydrogens is 508 g/mol. The molecule has 4 saturated carbocycles. The number of carbonyl (C=O) groups excluding carboxylic acids is 5. The Labute approximate surface area is 238 Å². The normalized spacial score (nSPS) is 40.4. The van der Waals surface area contributed by atoms with Crippen molar-refractivity contribution in [1.29, 1.82) is 0 Å². The van der Waals surface area contributed by atoms with Gasteiger partial charge in [0.1, 0.15) is 11.6 Å². The SMILES string of the molecule is CC(=O)C1CCC(C(=O)C2CCC3C(=O)N(C)C(=O)C3C2)CC1C(=O)NC1CCC(OC2CCC(C)CC2)CC1. The molecule has 0 aromatic carbocycles. The summed E-state index contributed by atoms with van der Waals surface area (Å²) in [6, 6.07) is 0.0839. The number of amides is 3. The van der Waals surface area contributed by atoms with Crippen LogP contribution in [0.3, 0.4) is 0 Å². The Kier molecular flexibility index (Phi) is 9.13. The number of carbonyl (C=O) groups is 5. The van der Waals surface area contributed by atoms with Gasteiger partial charge in [0.15, 0.2) is 0 Å². The number of fused-ring (bicyclic) bond motifs is 1. The fraction of sp³-hybridized carbons (Fsp3) is 0.844. The van der Waals surface area contributed by atoms with Gasteiger partial charge in [0.05, 0.1) is 24.0 Å². The molecule has 5 rings (SSSR count). The van der Waals surface area contributed by atoms with Gasteiger partial charge in [-0.2, -0.15) is 0 Å². The molecule has 8 heteroatoms. The monoisotopic (exact) mass is 556 g/mol. The van der Waals surface area contributed by atoms with Crippen LogP contribution in [0, 0.1) is 41.4 Å². The molecule has 0 radical (unpaired) electrons. The van der Waals surface area contributed by atoms with Crippen molar-refractivity contribution >= 4 is 29.3 Å². The molecule has 5 aliphatic rings. The van der Waals surface area contributed by atoms with E-state index in [-0.39, 0.29) is 65.1 Å². The molecule has 6 unspecified atom stereocenters. The number of hydrogen-bond donors (Lipinski definition) is 1. The van der Waals surface area contributed by atoms with E-state index >= 15 is 0 Å². The van der Waals surface area contributed by atoms with Gasteiger partial charge in [-0.15, -0.1) is 0 Å². The lowest BCUT2D eigenvalue weighted by atomic mass is 9.66. The molecule has 1 heterocycles. The smallest absolute Gasteiger partial charge is 0.232 e. The minimum Gasteiger partial charge on any atom is -0.375 e. The molecule has 0 bridgehead atoms. The van der Waals surface area contributed by atoms with Gasteiger partial charge >= 0.3 is 0 Å². The Balaban J connectivity index is 1.14. The van der Waals surface area contributed by atoms with E-state index in [2.05, 4.69) is 12.2 Å². The Morgan fingerprint density at radius 1 is 0.725 bits per heavy atom. The van der Waals surface area contributed by atoms with E-state index in [4.69, 9.17) is 4.74 Å². The van der Waals surface area contributed by atoms with Crippen LogP contribution in [0.4, 0.5) is 0 Å². The van der Waals surface area contributed by atoms with Crippen LogP contribution < -0.4 is 5.32 Å². The highest BCUT2D eigenvalue weighted by Crippen LogP contribution is 2.44. The van der Waals surface area contributed by atoms with Crippen LogP contribution >= 0.6 is 0 Å². The molecule has 222 valence electrons. The Bertz CT molecular complexity index is 995. The standard InChI is InChI=1S/C32H48N2O6/c1-18-4-10-23(11-5-18)40-24-12-8-22(9-13-24)33-30(37)27-16-20(6-14-25(27)19(2)35)29(36)21-7-15-26-28(17-21)32(39)34(3)31(26)38/h18,20-28H,4-17H2,1-3H3,(H,33,37). The summed E-state index contributed by atoms with van der Waals surface area (Å²) in [5, 5.41) is 3.24. The van der Waals surface area contributed by atoms with E-state index < -0.39 is 11.8 Å². The zero-order chi connectivity index (χ0) is 28.6. The predicted molar refractivity (Wildman–Crippen MR) is 149 cm³/mol. The summed E-state index contributed by atoms with van der Waals surface area (Å²) in [6.45, 7) is 3.87. The molecule has 4 aliphatic carbocycles. The molecule has 3 amide bonds. The van der Waals surface area contributed by atoms with E-state index in [0.717, 1.165) is 44.4 Å². The fourth-order valence-corrected chi connectivity index (χ4v) is 8.43. The van der Waals surface area contributed by atoms with E-state index in [1.165, 1.54) is 24.8 Å². The minimum absolute atomic E-state index is 0.0172. The van der Waals surface area contributed by atoms with Crippen LogP contribution in [0.5, 0.6) is 0 Å². The number of ether oxygens (including phenoxy) is 1. The highest BCUT2D eigenvalue weighted by atomic mass is 16.5. The molecule has 5 fully saturated rings. The van der Waals surface area contributed by atoms with Crippen LogP contribution in [-0.2, 0) is 28.7 Å². The lowest BCUT2D eigenvalue weighted by molar-refractivity contribution is -0.140. The molecule has 8 nitrogen and oxygen atoms in total. The van der Waals surface area contributed by atoms with Crippen LogP contribution in [0.15, 0.2) is 0 Å². The van der Waals surface area contributed by atoms with Crippen LogP contribution in [0.2, 0.25) is 0 Å². The maximum atomic E-state index is 13.6. The number of nitrogens with zero attached hydrogens (tertiary/aromatic N) is 1. The van der Waals surface area contributed by atoms with Crippen LogP contribution in [-0.4, -0.2) is 59.5 Å². The van der Waals surface area contributed by atoms with E-state index in [1.807, 2.05) is 0 Å².